The van der Waals surface area contributed by atoms with Gasteiger partial charge in [-0.2, -0.15) is 0 Å². The van der Waals surface area contributed by atoms with Crippen molar-refractivity contribution in [1.29, 1.82) is 0 Å². The summed E-state index contributed by atoms with van der Waals surface area (Å²) < 4.78 is 24.2. The molecule has 3 heterocycles. The van der Waals surface area contributed by atoms with E-state index in [9.17, 15) is 39.6 Å². The van der Waals surface area contributed by atoms with Gasteiger partial charge in [-0.3, -0.25) is 14.4 Å². The molecule has 1 saturated carbocycles. The lowest BCUT2D eigenvalue weighted by atomic mass is 9.78. The first kappa shape index (κ1) is 47.9. The molecule has 1 amide bonds. The highest BCUT2D eigenvalue weighted by atomic mass is 16.7. The molecule has 13 heteroatoms. The molecule has 1 unspecified atom stereocenters. The van der Waals surface area contributed by atoms with Crippen LogP contribution in [0.4, 0.5) is 0 Å². The third-order valence-electron chi connectivity index (χ3n) is 13.3. The summed E-state index contributed by atoms with van der Waals surface area (Å²) >= 11 is 0. The zero-order valence-electron chi connectivity index (χ0n) is 35.8. The predicted molar refractivity (Wildman–Crippen MR) is 217 cm³/mol. The minimum Gasteiger partial charge on any atom is -0.456 e. The van der Waals surface area contributed by atoms with E-state index in [4.69, 9.17) is 18.9 Å². The molecule has 0 spiro atoms. The summed E-state index contributed by atoms with van der Waals surface area (Å²) in [5.41, 5.74) is 1.63. The van der Waals surface area contributed by atoms with Gasteiger partial charge >= 0.3 is 5.97 Å². The molecule has 328 valence electrons. The monoisotopic (exact) mass is 817 g/mol. The summed E-state index contributed by atoms with van der Waals surface area (Å²) in [6.45, 7) is 13.0. The SMILES string of the molecule is C=CC[C@@H]1/C=C(\C)C[C@H](C)CC[C@H](OC)[C@H]2O[C@@](O)(C(=O)C(=O)N3CCCC[C@H]3C(=O)O[C@H](/C(C)=C/[C@@H]3CC[C@@H](O)[C@H](CO)C3)[C@H](C)C(O)CC1=O)[C@H](C)C[C@@H]2OC. The number of methoxy groups -OCH3 is 2. The summed E-state index contributed by atoms with van der Waals surface area (Å²) in [6.07, 6.45) is 6.00. The van der Waals surface area contributed by atoms with E-state index in [1.54, 1.807) is 26.8 Å². The Bertz CT molecular complexity index is 1500. The Hall–Kier alpha value is -2.78. The van der Waals surface area contributed by atoms with Crippen molar-refractivity contribution in [1.82, 2.24) is 4.90 Å². The molecule has 4 N–H and O–H groups in total. The summed E-state index contributed by atoms with van der Waals surface area (Å²) in [7, 11) is 3.06. The molecule has 1 aliphatic carbocycles. The number of allylic oxidation sites excluding steroid dienone is 4. The van der Waals surface area contributed by atoms with Crippen LogP contribution in [0, 0.1) is 35.5 Å². The van der Waals surface area contributed by atoms with Gasteiger partial charge in [-0.1, -0.05) is 44.6 Å². The average molecular weight is 818 g/mol. The largest absolute Gasteiger partial charge is 0.456 e. The zero-order chi connectivity index (χ0) is 42.9. The van der Waals surface area contributed by atoms with Crippen molar-refractivity contribution in [3.8, 4) is 0 Å². The third-order valence-corrected chi connectivity index (χ3v) is 13.3. The fourth-order valence-electron chi connectivity index (χ4n) is 9.63. The lowest BCUT2D eigenvalue weighted by Crippen LogP contribution is -2.64. The van der Waals surface area contributed by atoms with E-state index in [-0.39, 0.29) is 56.0 Å². The van der Waals surface area contributed by atoms with Crippen molar-refractivity contribution in [2.45, 2.75) is 160 Å². The van der Waals surface area contributed by atoms with Crippen LogP contribution in [-0.2, 0) is 38.1 Å². The number of nitrogens with zero attached hydrogens (tertiary/aromatic N) is 1. The van der Waals surface area contributed by atoms with Crippen LogP contribution in [0.1, 0.15) is 112 Å². The van der Waals surface area contributed by atoms with Crippen molar-refractivity contribution in [2.75, 3.05) is 27.4 Å². The Morgan fingerprint density at radius 3 is 2.33 bits per heavy atom. The second kappa shape index (κ2) is 21.7. The minimum absolute atomic E-state index is 0.0464. The van der Waals surface area contributed by atoms with E-state index in [1.807, 2.05) is 19.1 Å². The molecule has 14 atom stereocenters. The highest BCUT2D eigenvalue weighted by molar-refractivity contribution is 6.39. The van der Waals surface area contributed by atoms with Crippen LogP contribution in [-0.4, -0.2) is 125 Å². The van der Waals surface area contributed by atoms with Crippen LogP contribution >= 0.6 is 0 Å². The number of Topliss-reactive ketones (excluding diaryl/α,β-unsaturated/α-hetero) is 2. The maximum atomic E-state index is 14.3. The van der Waals surface area contributed by atoms with E-state index in [0.29, 0.717) is 63.4 Å². The second-order valence-electron chi connectivity index (χ2n) is 17.8. The van der Waals surface area contributed by atoms with Crippen LogP contribution in [0.2, 0.25) is 0 Å². The number of fused-ring (bicyclic) bond motifs is 3. The molecule has 4 aliphatic rings. The fraction of sp³-hybridized carbons (Fsp3) is 0.778. The summed E-state index contributed by atoms with van der Waals surface area (Å²) in [4.78, 5) is 57.8. The number of piperidine rings is 1. The number of amides is 1. The van der Waals surface area contributed by atoms with Gasteiger partial charge in [0, 0.05) is 57.5 Å². The van der Waals surface area contributed by atoms with Crippen molar-refractivity contribution in [3.05, 3.63) is 36.0 Å². The van der Waals surface area contributed by atoms with Crippen molar-refractivity contribution < 1.29 is 58.6 Å². The number of aliphatic hydroxyl groups is 4. The molecule has 0 aromatic rings. The normalized spacial score (nSPS) is 40.7. The molecule has 58 heavy (non-hydrogen) atoms. The molecule has 0 aromatic heterocycles. The van der Waals surface area contributed by atoms with Crippen LogP contribution in [0.15, 0.2) is 36.0 Å². The number of carbonyl (C=O) groups is 4. The van der Waals surface area contributed by atoms with Crippen molar-refractivity contribution >= 4 is 23.4 Å². The predicted octanol–water partition coefficient (Wildman–Crippen LogP) is 4.62. The lowest BCUT2D eigenvalue weighted by Gasteiger charge is -2.46. The molecule has 3 aliphatic heterocycles. The van der Waals surface area contributed by atoms with Gasteiger partial charge < -0.3 is 44.3 Å². The van der Waals surface area contributed by atoms with Crippen LogP contribution in [0.25, 0.3) is 0 Å². The molecule has 13 nitrogen and oxygen atoms in total. The Balaban J connectivity index is 1.76. The van der Waals surface area contributed by atoms with Gasteiger partial charge in [0.2, 0.25) is 5.79 Å². The van der Waals surface area contributed by atoms with Crippen LogP contribution < -0.4 is 0 Å². The number of carbonyl (C=O) groups excluding carboxylic acids is 4. The van der Waals surface area contributed by atoms with Gasteiger partial charge in [-0.15, -0.1) is 6.58 Å². The number of aliphatic hydroxyl groups excluding tert-OH is 3. The quantitative estimate of drug-likeness (QED) is 0.159. The topological polar surface area (TPSA) is 189 Å². The van der Waals surface area contributed by atoms with E-state index in [1.165, 1.54) is 19.1 Å². The van der Waals surface area contributed by atoms with E-state index in [0.717, 1.165) is 5.57 Å². The Morgan fingerprint density at radius 1 is 0.966 bits per heavy atom. The van der Waals surface area contributed by atoms with Crippen LogP contribution in [0.5, 0.6) is 0 Å². The highest BCUT2D eigenvalue weighted by Crippen LogP contribution is 2.39. The summed E-state index contributed by atoms with van der Waals surface area (Å²) in [5.74, 6) is -7.97. The lowest BCUT2D eigenvalue weighted by molar-refractivity contribution is -0.302. The first-order chi connectivity index (χ1) is 27.5. The number of cyclic esters (lactones) is 1. The minimum atomic E-state index is -2.51. The number of hydrogen-bond acceptors (Lipinski definition) is 12. The number of esters is 1. The zero-order valence-corrected chi connectivity index (χ0v) is 35.8. The molecular formula is C45H71NO12. The molecule has 0 aromatic carbocycles. The number of ether oxygens (including phenoxy) is 4. The van der Waals surface area contributed by atoms with Gasteiger partial charge in [0.25, 0.3) is 11.7 Å². The molecule has 2 bridgehead atoms. The maximum absolute atomic E-state index is 14.3. The van der Waals surface area contributed by atoms with Crippen LogP contribution in [0.3, 0.4) is 0 Å². The Kier molecular flexibility index (Phi) is 17.9. The maximum Gasteiger partial charge on any atom is 0.329 e. The van der Waals surface area contributed by atoms with E-state index in [2.05, 4.69) is 13.5 Å². The van der Waals surface area contributed by atoms with Gasteiger partial charge in [0.15, 0.2) is 0 Å². The smallest absolute Gasteiger partial charge is 0.329 e. The van der Waals surface area contributed by atoms with Gasteiger partial charge in [0.1, 0.15) is 24.0 Å². The Morgan fingerprint density at radius 2 is 1.67 bits per heavy atom. The van der Waals surface area contributed by atoms with Crippen molar-refractivity contribution in [2.24, 2.45) is 35.5 Å². The average Bonchev–Trinajstić information content (AvgIpc) is 3.20. The van der Waals surface area contributed by atoms with Crippen molar-refractivity contribution in [3.63, 3.8) is 0 Å². The number of hydrogen-bond donors (Lipinski definition) is 4. The summed E-state index contributed by atoms with van der Waals surface area (Å²) in [5, 5.41) is 44.0. The molecule has 2 saturated heterocycles. The highest BCUT2D eigenvalue weighted by Gasteiger charge is 2.56. The van der Waals surface area contributed by atoms with Gasteiger partial charge in [0.05, 0.1) is 24.4 Å². The Labute approximate surface area is 345 Å². The third kappa shape index (κ3) is 11.5. The fourth-order valence-corrected chi connectivity index (χ4v) is 9.63. The molecular weight excluding hydrogens is 746 g/mol. The van der Waals surface area contributed by atoms with E-state index >= 15 is 0 Å². The second-order valence-corrected chi connectivity index (χ2v) is 17.8. The van der Waals surface area contributed by atoms with Gasteiger partial charge in [-0.25, -0.2) is 4.79 Å². The van der Waals surface area contributed by atoms with E-state index < -0.39 is 83.9 Å². The first-order valence-electron chi connectivity index (χ1n) is 21.5. The summed E-state index contributed by atoms with van der Waals surface area (Å²) in [6, 6.07) is -1.16. The number of rotatable bonds is 7. The first-order valence-corrected chi connectivity index (χ1v) is 21.5. The molecule has 0 radical (unpaired) electrons. The number of ketones is 2. The molecule has 3 fully saturated rings. The standard InChI is InChI=1S/C45H71NO12/c1-9-12-32-20-27(3)19-26(2)14-17-38(55-7)41-39(56-8)22-29(5)45(54,58-41)42(51)43(52)46-18-11-10-13-34(46)44(53)57-40(30(6)36(49)24-37(32)50)28(4)21-31-15-16-35(48)33(23-31)25-47/h9,20-21,26,29-36,38-41,47-49,54H,1,10-19,22-25H2,2-8H3/b27-20+,28-21+/t26-,29-,30-,31+,32-,33+,34+,35-,36?,38+,39+,40-,41-,45-/m1/s1. The van der Waals surface area contributed by atoms with Gasteiger partial charge in [-0.05, 0) is 102 Å². The molecule has 4 rings (SSSR count).